The fourth-order valence-electron chi connectivity index (χ4n) is 6.44. The number of hydrogen-bond acceptors (Lipinski definition) is 4. The van der Waals surface area contributed by atoms with Crippen LogP contribution in [0.25, 0.3) is 22.2 Å². The summed E-state index contributed by atoms with van der Waals surface area (Å²) in [5, 5.41) is 4.56. The molecule has 5 heteroatoms. The molecule has 3 aromatic rings. The Labute approximate surface area is 211 Å². The molecule has 2 saturated heterocycles. The molecule has 5 rings (SSSR count). The standard InChI is InChI=1S/C30H43N5/c1-5-26-27-18-23(6-7-28(27)33-30(26)24-8-13-32-29(19-24)31-4)22-9-16-35(17-10-22)25-11-14-34(15-12-25)20-21(2)3/h6-8,13,18-19,21-22,25,33H,5,9-12,14-17,20H2,1-4H3,(H,31,32). The molecule has 35 heavy (non-hydrogen) atoms. The van der Waals surface area contributed by atoms with E-state index in [4.69, 9.17) is 0 Å². The topological polar surface area (TPSA) is 47.2 Å². The van der Waals surface area contributed by atoms with Gasteiger partial charge in [0.05, 0.1) is 0 Å². The highest BCUT2D eigenvalue weighted by Gasteiger charge is 2.29. The van der Waals surface area contributed by atoms with Crippen LogP contribution in [0.3, 0.4) is 0 Å². The number of fused-ring (bicyclic) bond motifs is 1. The van der Waals surface area contributed by atoms with Crippen LogP contribution in [-0.2, 0) is 6.42 Å². The number of likely N-dealkylation sites (tertiary alicyclic amines) is 2. The lowest BCUT2D eigenvalue weighted by Gasteiger charge is -2.42. The summed E-state index contributed by atoms with van der Waals surface area (Å²) in [6.07, 6.45) is 8.17. The summed E-state index contributed by atoms with van der Waals surface area (Å²) < 4.78 is 0. The van der Waals surface area contributed by atoms with Crippen LogP contribution >= 0.6 is 0 Å². The van der Waals surface area contributed by atoms with E-state index in [1.165, 1.54) is 91.7 Å². The molecule has 0 unspecified atom stereocenters. The molecule has 0 spiro atoms. The highest BCUT2D eigenvalue weighted by molar-refractivity contribution is 5.91. The number of aryl methyl sites for hydroxylation is 1. The Kier molecular flexibility index (Phi) is 7.45. The monoisotopic (exact) mass is 473 g/mol. The lowest BCUT2D eigenvalue weighted by Crippen LogP contribution is -2.48. The lowest BCUT2D eigenvalue weighted by atomic mass is 9.87. The average Bonchev–Trinajstić information content (AvgIpc) is 3.27. The summed E-state index contributed by atoms with van der Waals surface area (Å²) in [4.78, 5) is 13.6. The number of rotatable bonds is 7. The third-order valence-corrected chi connectivity index (χ3v) is 8.29. The maximum atomic E-state index is 4.39. The molecule has 5 nitrogen and oxygen atoms in total. The number of nitrogens with one attached hydrogen (secondary N) is 2. The molecule has 2 aliphatic heterocycles. The lowest BCUT2D eigenvalue weighted by molar-refractivity contribution is 0.0828. The number of aromatic nitrogens is 2. The van der Waals surface area contributed by atoms with E-state index in [1.807, 2.05) is 13.2 Å². The van der Waals surface area contributed by atoms with Crippen molar-refractivity contribution < 1.29 is 0 Å². The van der Waals surface area contributed by atoms with Crippen LogP contribution in [-0.4, -0.2) is 65.6 Å². The van der Waals surface area contributed by atoms with Crippen LogP contribution in [0.4, 0.5) is 5.82 Å². The van der Waals surface area contributed by atoms with E-state index in [1.54, 1.807) is 0 Å². The van der Waals surface area contributed by atoms with Crippen molar-refractivity contribution in [3.8, 4) is 11.3 Å². The van der Waals surface area contributed by atoms with Crippen LogP contribution < -0.4 is 5.32 Å². The molecule has 4 heterocycles. The third-order valence-electron chi connectivity index (χ3n) is 8.29. The summed E-state index contributed by atoms with van der Waals surface area (Å²) in [7, 11) is 1.92. The maximum Gasteiger partial charge on any atom is 0.126 e. The molecule has 0 aliphatic carbocycles. The normalized spacial score (nSPS) is 19.1. The number of nitrogens with zero attached hydrogens (tertiary/aromatic N) is 3. The van der Waals surface area contributed by atoms with Gasteiger partial charge >= 0.3 is 0 Å². The number of pyridine rings is 1. The third kappa shape index (κ3) is 5.26. The molecule has 0 bridgehead atoms. The molecule has 2 aromatic heterocycles. The molecular formula is C30H43N5. The first-order valence-electron chi connectivity index (χ1n) is 13.8. The highest BCUT2D eigenvalue weighted by Crippen LogP contribution is 2.36. The van der Waals surface area contributed by atoms with Gasteiger partial charge in [-0.25, -0.2) is 4.98 Å². The fraction of sp³-hybridized carbons (Fsp3) is 0.567. The molecule has 2 fully saturated rings. The maximum absolute atomic E-state index is 4.39. The second kappa shape index (κ2) is 10.7. The zero-order valence-electron chi connectivity index (χ0n) is 22.1. The number of H-pyrrole nitrogens is 1. The van der Waals surface area contributed by atoms with Gasteiger partial charge in [0, 0.05) is 48.0 Å². The molecule has 1 aromatic carbocycles. The minimum atomic E-state index is 0.677. The molecule has 2 N–H and O–H groups in total. The predicted octanol–water partition coefficient (Wildman–Crippen LogP) is 6.13. The van der Waals surface area contributed by atoms with Crippen LogP contribution in [0.1, 0.15) is 63.5 Å². The van der Waals surface area contributed by atoms with Crippen LogP contribution in [0.2, 0.25) is 0 Å². The zero-order chi connectivity index (χ0) is 24.4. The van der Waals surface area contributed by atoms with Crippen molar-refractivity contribution in [2.24, 2.45) is 5.92 Å². The van der Waals surface area contributed by atoms with Crippen LogP contribution in [0.5, 0.6) is 0 Å². The largest absolute Gasteiger partial charge is 0.373 e. The van der Waals surface area contributed by atoms with E-state index in [9.17, 15) is 0 Å². The van der Waals surface area contributed by atoms with E-state index < -0.39 is 0 Å². The number of benzene rings is 1. The van der Waals surface area contributed by atoms with Gasteiger partial charge < -0.3 is 20.1 Å². The minimum Gasteiger partial charge on any atom is -0.373 e. The number of hydrogen-bond donors (Lipinski definition) is 2. The van der Waals surface area contributed by atoms with Gasteiger partial charge in [-0.3, -0.25) is 0 Å². The predicted molar refractivity (Wildman–Crippen MR) is 148 cm³/mol. The van der Waals surface area contributed by atoms with Crippen molar-refractivity contribution in [2.45, 2.75) is 64.8 Å². The van der Waals surface area contributed by atoms with Gasteiger partial charge in [0.2, 0.25) is 0 Å². The van der Waals surface area contributed by atoms with Gasteiger partial charge in [0.1, 0.15) is 5.82 Å². The molecule has 0 saturated carbocycles. The van der Waals surface area contributed by atoms with Gasteiger partial charge in [-0.2, -0.15) is 0 Å². The minimum absolute atomic E-state index is 0.677. The number of piperidine rings is 2. The Morgan fingerprint density at radius 2 is 1.80 bits per heavy atom. The van der Waals surface area contributed by atoms with Crippen molar-refractivity contribution in [2.75, 3.05) is 45.1 Å². The molecular weight excluding hydrogens is 430 g/mol. The van der Waals surface area contributed by atoms with Gasteiger partial charge in [-0.15, -0.1) is 0 Å². The Morgan fingerprint density at radius 1 is 1.03 bits per heavy atom. The smallest absolute Gasteiger partial charge is 0.126 e. The Morgan fingerprint density at radius 3 is 2.49 bits per heavy atom. The first-order valence-corrected chi connectivity index (χ1v) is 13.8. The van der Waals surface area contributed by atoms with Crippen LogP contribution in [0, 0.1) is 5.92 Å². The molecule has 0 atom stereocenters. The van der Waals surface area contributed by atoms with E-state index in [0.717, 1.165) is 24.2 Å². The van der Waals surface area contributed by atoms with Crippen molar-refractivity contribution >= 4 is 16.7 Å². The quantitative estimate of drug-likeness (QED) is 0.433. The summed E-state index contributed by atoms with van der Waals surface area (Å²) >= 11 is 0. The summed E-state index contributed by atoms with van der Waals surface area (Å²) in [6.45, 7) is 13.3. The molecule has 2 aliphatic rings. The summed E-state index contributed by atoms with van der Waals surface area (Å²) in [6, 6.07) is 12.2. The fourth-order valence-corrected chi connectivity index (χ4v) is 6.44. The summed E-state index contributed by atoms with van der Waals surface area (Å²) in [5.74, 6) is 2.36. The highest BCUT2D eigenvalue weighted by atomic mass is 15.2. The Hall–Kier alpha value is -2.37. The van der Waals surface area contributed by atoms with Crippen molar-refractivity contribution in [1.29, 1.82) is 0 Å². The number of aromatic amines is 1. The Balaban J connectivity index is 1.27. The Bertz CT molecular complexity index is 1120. The molecule has 0 amide bonds. The average molecular weight is 474 g/mol. The van der Waals surface area contributed by atoms with Gasteiger partial charge in [-0.1, -0.05) is 26.8 Å². The molecule has 188 valence electrons. The van der Waals surface area contributed by atoms with Gasteiger partial charge in [-0.05, 0) is 106 Å². The second-order valence-electron chi connectivity index (χ2n) is 11.1. The van der Waals surface area contributed by atoms with Gasteiger partial charge in [0.15, 0.2) is 0 Å². The first-order chi connectivity index (χ1) is 17.1. The molecule has 0 radical (unpaired) electrons. The van der Waals surface area contributed by atoms with Crippen LogP contribution in [0.15, 0.2) is 36.5 Å². The SMILES string of the molecule is CCc1c(-c2ccnc(NC)c2)[nH]c2ccc(C3CCN(C4CCN(CC(C)C)CC4)CC3)cc12. The van der Waals surface area contributed by atoms with E-state index in [0.29, 0.717) is 5.92 Å². The van der Waals surface area contributed by atoms with E-state index in [2.05, 4.69) is 76.2 Å². The van der Waals surface area contributed by atoms with Gasteiger partial charge in [0.25, 0.3) is 0 Å². The van der Waals surface area contributed by atoms with Crippen molar-refractivity contribution in [3.63, 3.8) is 0 Å². The zero-order valence-corrected chi connectivity index (χ0v) is 22.1. The van der Waals surface area contributed by atoms with Crippen molar-refractivity contribution in [3.05, 3.63) is 47.7 Å². The van der Waals surface area contributed by atoms with E-state index >= 15 is 0 Å². The van der Waals surface area contributed by atoms with E-state index in [-0.39, 0.29) is 0 Å². The number of anilines is 1. The summed E-state index contributed by atoms with van der Waals surface area (Å²) in [5.41, 5.74) is 6.62. The first kappa shape index (κ1) is 24.3. The second-order valence-corrected chi connectivity index (χ2v) is 11.1. The van der Waals surface area contributed by atoms with Crippen molar-refractivity contribution in [1.82, 2.24) is 19.8 Å².